The van der Waals surface area contributed by atoms with Gasteiger partial charge in [-0.2, -0.15) is 0 Å². The minimum atomic E-state index is -0.485. The number of nitrogens with zero attached hydrogens (tertiary/aromatic N) is 2. The van der Waals surface area contributed by atoms with Gasteiger partial charge in [0, 0.05) is 30.4 Å². The molecular weight excluding hydrogens is 326 g/mol. The fourth-order valence-electron chi connectivity index (χ4n) is 2.17. The first-order chi connectivity index (χ1) is 12.1. The molecule has 0 fully saturated rings. The molecule has 1 aromatic carbocycles. The van der Waals surface area contributed by atoms with Crippen LogP contribution in [-0.4, -0.2) is 24.1 Å². The van der Waals surface area contributed by atoms with Crippen molar-refractivity contribution in [3.05, 3.63) is 59.3 Å². The molecule has 2 rings (SSSR count). The Kier molecular flexibility index (Phi) is 7.13. The Balaban J connectivity index is 2.06. The summed E-state index contributed by atoms with van der Waals surface area (Å²) < 4.78 is 32.4. The maximum absolute atomic E-state index is 13.7. The Labute approximate surface area is 146 Å². The number of guanidine groups is 1. The molecule has 0 unspecified atom stereocenters. The number of hydrogen-bond acceptors (Lipinski definition) is 3. The summed E-state index contributed by atoms with van der Waals surface area (Å²) in [5.41, 5.74) is 1.08. The van der Waals surface area contributed by atoms with Gasteiger partial charge in [0.05, 0.1) is 13.2 Å². The Morgan fingerprint density at radius 2 is 2.00 bits per heavy atom. The van der Waals surface area contributed by atoms with Crippen LogP contribution in [0, 0.1) is 11.6 Å². The van der Waals surface area contributed by atoms with Crippen LogP contribution in [-0.2, 0) is 13.1 Å². The van der Waals surface area contributed by atoms with E-state index in [-0.39, 0.29) is 12.1 Å². The molecule has 25 heavy (non-hydrogen) atoms. The van der Waals surface area contributed by atoms with Gasteiger partial charge in [-0.15, -0.1) is 0 Å². The molecule has 0 saturated heterocycles. The maximum atomic E-state index is 13.7. The zero-order valence-electron chi connectivity index (χ0n) is 14.4. The van der Waals surface area contributed by atoms with Gasteiger partial charge in [0.25, 0.3) is 0 Å². The monoisotopic (exact) mass is 348 g/mol. The molecule has 2 N–H and O–H groups in total. The normalized spacial score (nSPS) is 11.3. The predicted octanol–water partition coefficient (Wildman–Crippen LogP) is 3.01. The molecule has 0 amide bonds. The second-order valence-electron chi connectivity index (χ2n) is 5.19. The lowest BCUT2D eigenvalue weighted by atomic mass is 10.2. The first-order valence-electron chi connectivity index (χ1n) is 8.16. The quantitative estimate of drug-likeness (QED) is 0.597. The maximum Gasteiger partial charge on any atom is 0.218 e. The molecule has 1 heterocycles. The highest BCUT2D eigenvalue weighted by atomic mass is 19.1. The summed E-state index contributed by atoms with van der Waals surface area (Å²) in [4.78, 5) is 8.50. The van der Waals surface area contributed by atoms with Crippen molar-refractivity contribution in [2.45, 2.75) is 26.9 Å². The van der Waals surface area contributed by atoms with Gasteiger partial charge in [-0.25, -0.2) is 18.8 Å². The van der Waals surface area contributed by atoms with Gasteiger partial charge in [0.1, 0.15) is 11.6 Å². The average molecular weight is 348 g/mol. The van der Waals surface area contributed by atoms with E-state index >= 15 is 0 Å². The Morgan fingerprint density at radius 3 is 2.76 bits per heavy atom. The third-order valence-corrected chi connectivity index (χ3v) is 3.34. The van der Waals surface area contributed by atoms with Crippen molar-refractivity contribution >= 4 is 5.96 Å². The van der Waals surface area contributed by atoms with Gasteiger partial charge < -0.3 is 15.4 Å². The lowest BCUT2D eigenvalue weighted by Gasteiger charge is -2.13. The van der Waals surface area contributed by atoms with E-state index in [1.807, 2.05) is 26.0 Å². The van der Waals surface area contributed by atoms with E-state index in [1.165, 1.54) is 0 Å². The van der Waals surface area contributed by atoms with E-state index in [2.05, 4.69) is 20.6 Å². The highest BCUT2D eigenvalue weighted by Gasteiger charge is 2.07. The molecule has 0 spiro atoms. The lowest BCUT2D eigenvalue weighted by Crippen LogP contribution is -2.37. The van der Waals surface area contributed by atoms with E-state index in [0.29, 0.717) is 31.5 Å². The first-order valence-corrected chi connectivity index (χ1v) is 8.16. The summed E-state index contributed by atoms with van der Waals surface area (Å²) in [5.74, 6) is 0.0927. The summed E-state index contributed by atoms with van der Waals surface area (Å²) in [7, 11) is 0. The molecule has 0 aliphatic heterocycles. The van der Waals surface area contributed by atoms with Crippen LogP contribution in [0.2, 0.25) is 0 Å². The number of ether oxygens (including phenoxy) is 1. The third-order valence-electron chi connectivity index (χ3n) is 3.34. The SMILES string of the molecule is CCNC(=NCc1cc(F)ccc1F)NCc1cccnc1OCC. The van der Waals surface area contributed by atoms with Crippen LogP contribution >= 0.6 is 0 Å². The summed E-state index contributed by atoms with van der Waals surface area (Å²) in [5, 5.41) is 6.21. The summed E-state index contributed by atoms with van der Waals surface area (Å²) >= 11 is 0. The predicted molar refractivity (Wildman–Crippen MR) is 93.4 cm³/mol. The minimum absolute atomic E-state index is 0.0320. The van der Waals surface area contributed by atoms with Crippen LogP contribution in [0.5, 0.6) is 5.88 Å². The topological polar surface area (TPSA) is 58.5 Å². The molecule has 134 valence electrons. The van der Waals surface area contributed by atoms with Crippen LogP contribution in [0.3, 0.4) is 0 Å². The number of halogens is 2. The van der Waals surface area contributed by atoms with Crippen molar-refractivity contribution in [3.8, 4) is 5.88 Å². The van der Waals surface area contributed by atoms with Crippen molar-refractivity contribution < 1.29 is 13.5 Å². The zero-order valence-corrected chi connectivity index (χ0v) is 14.4. The second-order valence-corrected chi connectivity index (χ2v) is 5.19. The molecule has 0 aliphatic rings. The van der Waals surface area contributed by atoms with Crippen LogP contribution in [0.4, 0.5) is 8.78 Å². The van der Waals surface area contributed by atoms with Gasteiger partial charge in [-0.1, -0.05) is 6.07 Å². The molecule has 7 heteroatoms. The van der Waals surface area contributed by atoms with E-state index in [0.717, 1.165) is 23.8 Å². The van der Waals surface area contributed by atoms with E-state index in [9.17, 15) is 8.78 Å². The summed E-state index contributed by atoms with van der Waals surface area (Å²) in [6.45, 7) is 5.46. The van der Waals surface area contributed by atoms with Crippen molar-refractivity contribution in [1.82, 2.24) is 15.6 Å². The fourth-order valence-corrected chi connectivity index (χ4v) is 2.17. The number of hydrogen-bond donors (Lipinski definition) is 2. The Morgan fingerprint density at radius 1 is 1.16 bits per heavy atom. The molecule has 5 nitrogen and oxygen atoms in total. The van der Waals surface area contributed by atoms with E-state index < -0.39 is 11.6 Å². The number of pyridine rings is 1. The molecule has 0 aliphatic carbocycles. The summed E-state index contributed by atoms with van der Waals surface area (Å²) in [6, 6.07) is 7.07. The molecule has 0 atom stereocenters. The largest absolute Gasteiger partial charge is 0.478 e. The van der Waals surface area contributed by atoms with Gasteiger partial charge in [-0.3, -0.25) is 0 Å². The molecule has 0 saturated carbocycles. The minimum Gasteiger partial charge on any atom is -0.478 e. The fraction of sp³-hybridized carbons (Fsp3) is 0.333. The van der Waals surface area contributed by atoms with Gasteiger partial charge in [0.2, 0.25) is 5.88 Å². The second kappa shape index (κ2) is 9.56. The molecular formula is C18H22F2N4O. The highest BCUT2D eigenvalue weighted by Crippen LogP contribution is 2.14. The van der Waals surface area contributed by atoms with Gasteiger partial charge in [-0.05, 0) is 38.1 Å². The van der Waals surface area contributed by atoms with Crippen LogP contribution in [0.15, 0.2) is 41.5 Å². The number of aliphatic imine (C=N–C) groups is 1. The number of rotatable bonds is 7. The zero-order chi connectivity index (χ0) is 18.1. The van der Waals surface area contributed by atoms with Crippen molar-refractivity contribution in [2.24, 2.45) is 4.99 Å². The first kappa shape index (κ1) is 18.6. The van der Waals surface area contributed by atoms with Crippen LogP contribution in [0.1, 0.15) is 25.0 Å². The standard InChI is InChI=1S/C18H22F2N4O/c1-3-21-18(24-12-14-10-15(19)7-8-16(14)20)23-11-13-6-5-9-22-17(13)25-4-2/h5-10H,3-4,11-12H2,1-2H3,(H2,21,23,24). The van der Waals surface area contributed by atoms with E-state index in [1.54, 1.807) is 6.20 Å². The van der Waals surface area contributed by atoms with Crippen molar-refractivity contribution in [1.29, 1.82) is 0 Å². The van der Waals surface area contributed by atoms with Gasteiger partial charge >= 0.3 is 0 Å². The number of benzene rings is 1. The van der Waals surface area contributed by atoms with Crippen LogP contribution in [0.25, 0.3) is 0 Å². The number of aromatic nitrogens is 1. The van der Waals surface area contributed by atoms with Crippen molar-refractivity contribution in [2.75, 3.05) is 13.2 Å². The van der Waals surface area contributed by atoms with Crippen LogP contribution < -0.4 is 15.4 Å². The van der Waals surface area contributed by atoms with Crippen molar-refractivity contribution in [3.63, 3.8) is 0 Å². The molecule has 0 radical (unpaired) electrons. The molecule has 2 aromatic rings. The Hall–Kier alpha value is -2.70. The molecule has 0 bridgehead atoms. The smallest absolute Gasteiger partial charge is 0.218 e. The Bertz CT molecular complexity index is 722. The third kappa shape index (κ3) is 5.70. The van der Waals surface area contributed by atoms with E-state index in [4.69, 9.17) is 4.74 Å². The highest BCUT2D eigenvalue weighted by molar-refractivity contribution is 5.79. The lowest BCUT2D eigenvalue weighted by molar-refractivity contribution is 0.322. The number of nitrogens with one attached hydrogen (secondary N) is 2. The molecule has 1 aromatic heterocycles. The summed E-state index contributed by atoms with van der Waals surface area (Å²) in [6.07, 6.45) is 1.67. The average Bonchev–Trinajstić information content (AvgIpc) is 2.61. The van der Waals surface area contributed by atoms with Gasteiger partial charge in [0.15, 0.2) is 5.96 Å².